The molecule has 2 aromatic rings. The number of carbonyl (C=O) groups is 1. The molecule has 3 rings (SSSR count). The van der Waals surface area contributed by atoms with Crippen LogP contribution in [0.2, 0.25) is 0 Å². The van der Waals surface area contributed by atoms with E-state index in [0.29, 0.717) is 22.4 Å². The molecule has 134 valence electrons. The molecule has 3 nitrogen and oxygen atoms in total. The molecule has 1 saturated heterocycles. The molecule has 0 aliphatic carbocycles. The Morgan fingerprint density at radius 2 is 2.08 bits per heavy atom. The number of hydrogen-bond donors (Lipinski definition) is 0. The van der Waals surface area contributed by atoms with E-state index in [2.05, 4.69) is 35.0 Å². The van der Waals surface area contributed by atoms with Gasteiger partial charge in [0, 0.05) is 16.6 Å². The second-order valence-corrected chi connectivity index (χ2v) is 8.48. The largest absolute Gasteiger partial charge is 0.488 e. The number of carbonyl (C=O) groups excluding carboxylic acids is 1. The van der Waals surface area contributed by atoms with Gasteiger partial charge in [0.1, 0.15) is 16.7 Å². The Morgan fingerprint density at radius 3 is 2.77 bits per heavy atom. The Hall–Kier alpha value is -1.63. The highest BCUT2D eigenvalue weighted by atomic mass is 79.9. The monoisotopic (exact) mass is 447 g/mol. The maximum absolute atomic E-state index is 12.5. The van der Waals surface area contributed by atoms with Crippen LogP contribution in [-0.2, 0) is 11.4 Å². The number of rotatable bonds is 5. The van der Waals surface area contributed by atoms with Gasteiger partial charge in [0.25, 0.3) is 5.91 Å². The lowest BCUT2D eigenvalue weighted by molar-refractivity contribution is -0.121. The van der Waals surface area contributed by atoms with Gasteiger partial charge in [0.2, 0.25) is 0 Å². The van der Waals surface area contributed by atoms with Crippen LogP contribution in [0.15, 0.2) is 51.8 Å². The highest BCUT2D eigenvalue weighted by molar-refractivity contribution is 9.10. The number of ether oxygens (including phenoxy) is 1. The van der Waals surface area contributed by atoms with Gasteiger partial charge in [-0.2, -0.15) is 0 Å². The van der Waals surface area contributed by atoms with Gasteiger partial charge in [0.05, 0.1) is 4.91 Å². The minimum atomic E-state index is -0.0490. The number of hydrogen-bond acceptors (Lipinski definition) is 4. The Morgan fingerprint density at radius 1 is 1.27 bits per heavy atom. The quantitative estimate of drug-likeness (QED) is 0.443. The fourth-order valence-electron chi connectivity index (χ4n) is 2.64. The van der Waals surface area contributed by atoms with Crippen LogP contribution < -0.4 is 4.74 Å². The maximum Gasteiger partial charge on any atom is 0.266 e. The summed E-state index contributed by atoms with van der Waals surface area (Å²) < 4.78 is 7.55. The Kier molecular flexibility index (Phi) is 6.16. The van der Waals surface area contributed by atoms with Crippen LogP contribution in [0, 0.1) is 6.92 Å². The zero-order valence-corrected chi connectivity index (χ0v) is 17.7. The van der Waals surface area contributed by atoms with Crippen LogP contribution >= 0.6 is 39.9 Å². The van der Waals surface area contributed by atoms with E-state index in [1.165, 1.54) is 17.3 Å². The van der Waals surface area contributed by atoms with Gasteiger partial charge in [-0.1, -0.05) is 69.7 Å². The Bertz CT molecular complexity index is 895. The number of amides is 1. The fourth-order valence-corrected chi connectivity index (χ4v) is 4.39. The summed E-state index contributed by atoms with van der Waals surface area (Å²) in [6.07, 6.45) is 1.85. The smallest absolute Gasteiger partial charge is 0.266 e. The summed E-state index contributed by atoms with van der Waals surface area (Å²) in [6, 6.07) is 14.0. The van der Waals surface area contributed by atoms with E-state index in [9.17, 15) is 4.79 Å². The van der Waals surface area contributed by atoms with Gasteiger partial charge in [-0.3, -0.25) is 9.69 Å². The summed E-state index contributed by atoms with van der Waals surface area (Å²) in [4.78, 5) is 14.7. The first-order valence-electron chi connectivity index (χ1n) is 8.21. The Labute approximate surface area is 171 Å². The predicted octanol–water partition coefficient (Wildman–Crippen LogP) is 5.56. The number of halogens is 1. The summed E-state index contributed by atoms with van der Waals surface area (Å²) in [7, 11) is 0. The molecule has 0 bridgehead atoms. The van der Waals surface area contributed by atoms with Crippen LogP contribution in [0.5, 0.6) is 5.75 Å². The number of thioether (sulfide) groups is 1. The number of benzene rings is 2. The molecule has 1 fully saturated rings. The van der Waals surface area contributed by atoms with Gasteiger partial charge in [0.15, 0.2) is 0 Å². The number of aryl methyl sites for hydroxylation is 1. The van der Waals surface area contributed by atoms with Gasteiger partial charge in [-0.15, -0.1) is 0 Å². The third-order valence-corrected chi connectivity index (χ3v) is 5.80. The first kappa shape index (κ1) is 19.1. The van der Waals surface area contributed by atoms with E-state index in [4.69, 9.17) is 17.0 Å². The van der Waals surface area contributed by atoms with Gasteiger partial charge in [-0.25, -0.2) is 0 Å². The van der Waals surface area contributed by atoms with Crippen molar-refractivity contribution in [2.75, 3.05) is 6.54 Å². The highest BCUT2D eigenvalue weighted by Gasteiger charge is 2.30. The van der Waals surface area contributed by atoms with Crippen molar-refractivity contribution in [2.45, 2.75) is 20.5 Å². The SMILES string of the molecule is CCN1C(=O)C(=Cc2cc(Br)ccc2OCc2cccc(C)c2)SC1=S. The number of thiocarbonyl (C=S) groups is 1. The lowest BCUT2D eigenvalue weighted by Crippen LogP contribution is -2.27. The molecule has 0 atom stereocenters. The molecule has 1 heterocycles. The van der Waals surface area contributed by atoms with Crippen molar-refractivity contribution in [3.05, 3.63) is 68.5 Å². The molecule has 0 saturated carbocycles. The van der Waals surface area contributed by atoms with Gasteiger partial charge >= 0.3 is 0 Å². The van der Waals surface area contributed by atoms with Crippen molar-refractivity contribution in [1.82, 2.24) is 4.90 Å². The van der Waals surface area contributed by atoms with Crippen molar-refractivity contribution in [3.63, 3.8) is 0 Å². The van der Waals surface area contributed by atoms with E-state index in [1.807, 2.05) is 43.3 Å². The minimum Gasteiger partial charge on any atom is -0.488 e. The molecular formula is C20H18BrNO2S2. The van der Waals surface area contributed by atoms with Crippen LogP contribution in [0.25, 0.3) is 6.08 Å². The fraction of sp³-hybridized carbons (Fsp3) is 0.200. The van der Waals surface area contributed by atoms with Crippen molar-refractivity contribution >= 4 is 56.2 Å². The van der Waals surface area contributed by atoms with Crippen molar-refractivity contribution in [2.24, 2.45) is 0 Å². The average Bonchev–Trinajstić information content (AvgIpc) is 2.87. The Balaban J connectivity index is 1.86. The van der Waals surface area contributed by atoms with Crippen LogP contribution in [0.4, 0.5) is 0 Å². The zero-order chi connectivity index (χ0) is 18.7. The molecule has 2 aromatic carbocycles. The van der Waals surface area contributed by atoms with Crippen molar-refractivity contribution in [3.8, 4) is 5.75 Å². The predicted molar refractivity (Wildman–Crippen MR) is 115 cm³/mol. The van der Waals surface area contributed by atoms with Crippen molar-refractivity contribution < 1.29 is 9.53 Å². The van der Waals surface area contributed by atoms with E-state index >= 15 is 0 Å². The molecule has 0 unspecified atom stereocenters. The van der Waals surface area contributed by atoms with Crippen molar-refractivity contribution in [1.29, 1.82) is 0 Å². The zero-order valence-electron chi connectivity index (χ0n) is 14.5. The van der Waals surface area contributed by atoms with Crippen LogP contribution in [-0.4, -0.2) is 21.7 Å². The molecule has 1 amide bonds. The van der Waals surface area contributed by atoms with E-state index in [-0.39, 0.29) is 5.91 Å². The van der Waals surface area contributed by atoms with E-state index in [0.717, 1.165) is 21.3 Å². The average molecular weight is 448 g/mol. The van der Waals surface area contributed by atoms with E-state index in [1.54, 1.807) is 4.90 Å². The number of nitrogens with zero attached hydrogens (tertiary/aromatic N) is 1. The van der Waals surface area contributed by atoms with Gasteiger partial charge in [-0.05, 0) is 43.7 Å². The standard InChI is InChI=1S/C20H18BrNO2S2/c1-3-22-19(23)18(26-20(22)25)11-15-10-16(21)7-8-17(15)24-12-14-6-4-5-13(2)9-14/h4-11H,3,12H2,1-2H3. The first-order chi connectivity index (χ1) is 12.5. The molecule has 0 spiro atoms. The summed E-state index contributed by atoms with van der Waals surface area (Å²) in [6.45, 7) is 5.03. The molecule has 0 N–H and O–H groups in total. The lowest BCUT2D eigenvalue weighted by atomic mass is 10.1. The molecule has 0 aromatic heterocycles. The highest BCUT2D eigenvalue weighted by Crippen LogP contribution is 2.35. The molecule has 1 aliphatic heterocycles. The summed E-state index contributed by atoms with van der Waals surface area (Å²) >= 11 is 10.1. The van der Waals surface area contributed by atoms with E-state index < -0.39 is 0 Å². The molecule has 26 heavy (non-hydrogen) atoms. The normalized spacial score (nSPS) is 15.8. The van der Waals surface area contributed by atoms with Crippen LogP contribution in [0.1, 0.15) is 23.6 Å². The summed E-state index contributed by atoms with van der Waals surface area (Å²) in [5.74, 6) is 0.684. The first-order valence-corrected chi connectivity index (χ1v) is 10.2. The minimum absolute atomic E-state index is 0.0490. The summed E-state index contributed by atoms with van der Waals surface area (Å²) in [5, 5.41) is 0. The molecule has 1 aliphatic rings. The van der Waals surface area contributed by atoms with Gasteiger partial charge < -0.3 is 4.74 Å². The summed E-state index contributed by atoms with van der Waals surface area (Å²) in [5.41, 5.74) is 3.16. The second-order valence-electron chi connectivity index (χ2n) is 5.89. The third-order valence-electron chi connectivity index (χ3n) is 3.93. The third kappa shape index (κ3) is 4.37. The van der Waals surface area contributed by atoms with Crippen LogP contribution in [0.3, 0.4) is 0 Å². The topological polar surface area (TPSA) is 29.5 Å². The lowest BCUT2D eigenvalue weighted by Gasteiger charge is -2.11. The second kappa shape index (κ2) is 8.37. The molecule has 0 radical (unpaired) electrons. The molecular weight excluding hydrogens is 430 g/mol. The molecule has 6 heteroatoms. The maximum atomic E-state index is 12.5. The number of likely N-dealkylation sites (N-methyl/N-ethyl adjacent to an activating group) is 1.